The average molecular weight is 174 g/mol. The van der Waals surface area contributed by atoms with Gasteiger partial charge in [-0.15, -0.1) is 0 Å². The van der Waals surface area contributed by atoms with Crippen molar-refractivity contribution in [3.63, 3.8) is 0 Å². The van der Waals surface area contributed by atoms with Crippen LogP contribution in [0.1, 0.15) is 5.56 Å². The average Bonchev–Trinajstić information content (AvgIpc) is 2.57. The Morgan fingerprint density at radius 3 is 2.92 bits per heavy atom. The zero-order valence-electron chi connectivity index (χ0n) is 7.32. The fourth-order valence-corrected chi connectivity index (χ4v) is 1.11. The minimum absolute atomic E-state index is 0.727. The lowest BCUT2D eigenvalue weighted by Gasteiger charge is -2.02. The SMILES string of the molecule is Cc1cccc(Oc2cn[nH]c2)c1. The van der Waals surface area contributed by atoms with Crippen LogP contribution >= 0.6 is 0 Å². The Hall–Kier alpha value is -1.77. The van der Waals surface area contributed by atoms with Crippen molar-refractivity contribution in [1.82, 2.24) is 10.2 Å². The second kappa shape index (κ2) is 3.31. The van der Waals surface area contributed by atoms with E-state index < -0.39 is 0 Å². The Kier molecular flexibility index (Phi) is 2.00. The van der Waals surface area contributed by atoms with Gasteiger partial charge in [0.15, 0.2) is 5.75 Å². The molecule has 0 saturated heterocycles. The fraction of sp³-hybridized carbons (Fsp3) is 0.100. The van der Waals surface area contributed by atoms with E-state index in [2.05, 4.69) is 10.2 Å². The van der Waals surface area contributed by atoms with Crippen LogP contribution in [0.4, 0.5) is 0 Å². The molecule has 0 aliphatic rings. The molecule has 1 heterocycles. The number of aromatic amines is 1. The van der Waals surface area contributed by atoms with E-state index in [4.69, 9.17) is 4.74 Å². The van der Waals surface area contributed by atoms with Crippen molar-refractivity contribution in [1.29, 1.82) is 0 Å². The summed E-state index contributed by atoms with van der Waals surface area (Å²) >= 11 is 0. The molecule has 0 fully saturated rings. The molecule has 0 aliphatic heterocycles. The molecule has 0 bridgehead atoms. The first-order valence-corrected chi connectivity index (χ1v) is 4.08. The van der Waals surface area contributed by atoms with Crippen LogP contribution in [-0.4, -0.2) is 10.2 Å². The van der Waals surface area contributed by atoms with Crippen LogP contribution in [0, 0.1) is 6.92 Å². The van der Waals surface area contributed by atoms with Crippen LogP contribution in [0.3, 0.4) is 0 Å². The van der Waals surface area contributed by atoms with Crippen molar-refractivity contribution in [3.05, 3.63) is 42.2 Å². The summed E-state index contributed by atoms with van der Waals surface area (Å²) in [5.74, 6) is 1.56. The zero-order chi connectivity index (χ0) is 9.10. The number of H-pyrrole nitrogens is 1. The molecule has 0 unspecified atom stereocenters. The molecule has 0 saturated carbocycles. The number of aryl methyl sites for hydroxylation is 1. The summed E-state index contributed by atoms with van der Waals surface area (Å²) in [6.45, 7) is 2.03. The highest BCUT2D eigenvalue weighted by Gasteiger charge is 1.96. The van der Waals surface area contributed by atoms with E-state index in [0.717, 1.165) is 11.5 Å². The summed E-state index contributed by atoms with van der Waals surface area (Å²) in [5.41, 5.74) is 1.18. The second-order valence-corrected chi connectivity index (χ2v) is 2.85. The predicted molar refractivity (Wildman–Crippen MR) is 49.8 cm³/mol. The maximum absolute atomic E-state index is 5.51. The number of ether oxygens (including phenoxy) is 1. The summed E-state index contributed by atoms with van der Waals surface area (Å²) in [6.07, 6.45) is 3.35. The minimum atomic E-state index is 0.727. The first-order chi connectivity index (χ1) is 6.34. The fourth-order valence-electron chi connectivity index (χ4n) is 1.11. The van der Waals surface area contributed by atoms with Crippen LogP contribution in [0.2, 0.25) is 0 Å². The Balaban J connectivity index is 2.19. The number of benzene rings is 1. The standard InChI is InChI=1S/C10H10N2O/c1-8-3-2-4-9(5-8)13-10-6-11-12-7-10/h2-7H,1H3,(H,11,12). The van der Waals surface area contributed by atoms with Gasteiger partial charge in [-0.3, -0.25) is 5.10 Å². The lowest BCUT2D eigenvalue weighted by Crippen LogP contribution is -1.81. The van der Waals surface area contributed by atoms with Gasteiger partial charge in [-0.05, 0) is 24.6 Å². The van der Waals surface area contributed by atoms with Crippen LogP contribution in [-0.2, 0) is 0 Å². The van der Waals surface area contributed by atoms with Crippen molar-refractivity contribution in [2.45, 2.75) is 6.92 Å². The molecular weight excluding hydrogens is 164 g/mol. The monoisotopic (exact) mass is 174 g/mol. The topological polar surface area (TPSA) is 37.9 Å². The van der Waals surface area contributed by atoms with Gasteiger partial charge in [-0.1, -0.05) is 12.1 Å². The van der Waals surface area contributed by atoms with Gasteiger partial charge >= 0.3 is 0 Å². The maximum atomic E-state index is 5.51. The predicted octanol–water partition coefficient (Wildman–Crippen LogP) is 2.51. The van der Waals surface area contributed by atoms with Crippen molar-refractivity contribution in [2.24, 2.45) is 0 Å². The second-order valence-electron chi connectivity index (χ2n) is 2.85. The Morgan fingerprint density at radius 1 is 1.31 bits per heavy atom. The molecule has 1 aromatic heterocycles. The first-order valence-electron chi connectivity index (χ1n) is 4.08. The van der Waals surface area contributed by atoms with E-state index in [1.54, 1.807) is 12.4 Å². The molecule has 0 amide bonds. The summed E-state index contributed by atoms with van der Waals surface area (Å²) in [5, 5.41) is 6.48. The summed E-state index contributed by atoms with van der Waals surface area (Å²) < 4.78 is 5.51. The van der Waals surface area contributed by atoms with Crippen LogP contribution in [0.25, 0.3) is 0 Å². The van der Waals surface area contributed by atoms with Crippen molar-refractivity contribution in [3.8, 4) is 11.5 Å². The van der Waals surface area contributed by atoms with Gasteiger partial charge < -0.3 is 4.74 Å². The van der Waals surface area contributed by atoms with E-state index in [1.807, 2.05) is 31.2 Å². The highest BCUT2D eigenvalue weighted by atomic mass is 16.5. The third kappa shape index (κ3) is 1.87. The van der Waals surface area contributed by atoms with Gasteiger partial charge in [0.1, 0.15) is 5.75 Å². The van der Waals surface area contributed by atoms with Gasteiger partial charge in [0.05, 0.1) is 12.4 Å². The highest BCUT2D eigenvalue weighted by Crippen LogP contribution is 2.20. The summed E-state index contributed by atoms with van der Waals surface area (Å²) in [7, 11) is 0. The number of rotatable bonds is 2. The molecule has 66 valence electrons. The molecule has 1 N–H and O–H groups in total. The van der Waals surface area contributed by atoms with Gasteiger partial charge in [0.25, 0.3) is 0 Å². The van der Waals surface area contributed by atoms with Crippen molar-refractivity contribution < 1.29 is 4.74 Å². The third-order valence-corrected chi connectivity index (χ3v) is 1.70. The summed E-state index contributed by atoms with van der Waals surface area (Å²) in [6, 6.07) is 7.89. The number of nitrogens with zero attached hydrogens (tertiary/aromatic N) is 1. The quantitative estimate of drug-likeness (QED) is 0.759. The van der Waals surface area contributed by atoms with E-state index in [0.29, 0.717) is 0 Å². The lowest BCUT2D eigenvalue weighted by molar-refractivity contribution is 0.482. The maximum Gasteiger partial charge on any atom is 0.165 e. The Morgan fingerprint density at radius 2 is 2.23 bits per heavy atom. The Labute approximate surface area is 76.4 Å². The zero-order valence-corrected chi connectivity index (χ0v) is 7.32. The number of nitrogens with one attached hydrogen (secondary N) is 1. The number of hydrogen-bond donors (Lipinski definition) is 1. The number of hydrogen-bond acceptors (Lipinski definition) is 2. The molecule has 0 aliphatic carbocycles. The molecule has 0 radical (unpaired) electrons. The van der Waals surface area contributed by atoms with Gasteiger partial charge in [0.2, 0.25) is 0 Å². The van der Waals surface area contributed by atoms with E-state index in [1.165, 1.54) is 5.56 Å². The van der Waals surface area contributed by atoms with Crippen LogP contribution in [0.5, 0.6) is 11.5 Å². The van der Waals surface area contributed by atoms with Crippen LogP contribution < -0.4 is 4.74 Å². The molecule has 3 heteroatoms. The van der Waals surface area contributed by atoms with Crippen molar-refractivity contribution in [2.75, 3.05) is 0 Å². The molecule has 0 spiro atoms. The Bertz CT molecular complexity index is 382. The molecule has 2 aromatic rings. The van der Waals surface area contributed by atoms with Crippen LogP contribution in [0.15, 0.2) is 36.7 Å². The molecule has 1 aromatic carbocycles. The van der Waals surface area contributed by atoms with E-state index in [9.17, 15) is 0 Å². The third-order valence-electron chi connectivity index (χ3n) is 1.70. The van der Waals surface area contributed by atoms with Gasteiger partial charge in [-0.2, -0.15) is 5.10 Å². The van der Waals surface area contributed by atoms with Crippen molar-refractivity contribution >= 4 is 0 Å². The molecule has 2 rings (SSSR count). The van der Waals surface area contributed by atoms with E-state index in [-0.39, 0.29) is 0 Å². The largest absolute Gasteiger partial charge is 0.454 e. The smallest absolute Gasteiger partial charge is 0.165 e. The minimum Gasteiger partial charge on any atom is -0.454 e. The van der Waals surface area contributed by atoms with E-state index >= 15 is 0 Å². The molecule has 3 nitrogen and oxygen atoms in total. The normalized spacial score (nSPS) is 9.92. The highest BCUT2D eigenvalue weighted by molar-refractivity contribution is 5.31. The molecular formula is C10H10N2O. The van der Waals surface area contributed by atoms with Gasteiger partial charge in [0, 0.05) is 0 Å². The number of aromatic nitrogens is 2. The first kappa shape index (κ1) is 7.86. The molecule has 0 atom stereocenters. The summed E-state index contributed by atoms with van der Waals surface area (Å²) in [4.78, 5) is 0. The lowest BCUT2D eigenvalue weighted by atomic mass is 10.2. The van der Waals surface area contributed by atoms with Gasteiger partial charge in [-0.25, -0.2) is 0 Å². The molecule has 13 heavy (non-hydrogen) atoms.